The highest BCUT2D eigenvalue weighted by Crippen LogP contribution is 2.49. The molecule has 0 fully saturated rings. The molecule has 2 unspecified atom stereocenters. The van der Waals surface area contributed by atoms with E-state index in [0.717, 1.165) is 28.0 Å². The number of benzene rings is 2. The van der Waals surface area contributed by atoms with Crippen LogP contribution in [0.1, 0.15) is 74.0 Å². The van der Waals surface area contributed by atoms with Gasteiger partial charge in [0.2, 0.25) is 0 Å². The number of carbonyl (C=O) groups excluding carboxylic acids is 2. The monoisotopic (exact) mass is 577 g/mol. The first-order valence-electron chi connectivity index (χ1n) is 14.5. The lowest BCUT2D eigenvalue weighted by Gasteiger charge is -2.44. The molecule has 42 heavy (non-hydrogen) atoms. The molecule has 0 aliphatic carbocycles. The second-order valence-corrected chi connectivity index (χ2v) is 11.9. The van der Waals surface area contributed by atoms with Crippen molar-refractivity contribution in [1.82, 2.24) is 4.90 Å². The normalized spacial score (nSPS) is 19.1. The van der Waals surface area contributed by atoms with E-state index in [2.05, 4.69) is 12.1 Å². The molecule has 0 saturated heterocycles. The molecule has 0 radical (unpaired) electrons. The second-order valence-electron chi connectivity index (χ2n) is 11.9. The number of cyclic esters (lactones) is 1. The number of methoxy groups -OCH3 is 1. The second kappa shape index (κ2) is 12.7. The molecule has 0 bridgehead atoms. The average molecular weight is 578 g/mol. The van der Waals surface area contributed by atoms with Gasteiger partial charge in [-0.15, -0.1) is 0 Å². The minimum atomic E-state index is -0.822. The van der Waals surface area contributed by atoms with E-state index in [1.807, 2.05) is 46.4 Å². The van der Waals surface area contributed by atoms with E-state index in [0.29, 0.717) is 42.0 Å². The van der Waals surface area contributed by atoms with Crippen LogP contribution in [0.2, 0.25) is 0 Å². The fraction of sp³-hybridized carbons (Fsp3) is 0.471. The smallest absolute Gasteiger partial charge is 0.337 e. The van der Waals surface area contributed by atoms with E-state index in [-0.39, 0.29) is 19.0 Å². The Morgan fingerprint density at radius 2 is 1.81 bits per heavy atom. The molecule has 0 amide bonds. The van der Waals surface area contributed by atoms with Gasteiger partial charge in [-0.3, -0.25) is 0 Å². The van der Waals surface area contributed by atoms with Crippen molar-refractivity contribution in [2.75, 3.05) is 33.5 Å². The van der Waals surface area contributed by atoms with Gasteiger partial charge in [-0.25, -0.2) is 9.59 Å². The van der Waals surface area contributed by atoms with Crippen LogP contribution in [0.3, 0.4) is 0 Å². The zero-order chi connectivity index (χ0) is 30.8. The third-order valence-corrected chi connectivity index (χ3v) is 7.62. The van der Waals surface area contributed by atoms with Crippen LogP contribution in [0.25, 0.3) is 0 Å². The van der Waals surface area contributed by atoms with Gasteiger partial charge in [-0.05, 0) is 82.9 Å². The SMILES string of the molecule is CCOC(=O)C1=C(COC(C)(C)C)N(CCOC)C2=C(C(=O)OC(c3c(C)cc(C)cc3C)C2)C1c1cccc(O)c1. The van der Waals surface area contributed by atoms with Gasteiger partial charge in [-0.2, -0.15) is 0 Å². The number of phenols is 1. The molecule has 1 N–H and O–H groups in total. The number of nitrogens with zero attached hydrogens (tertiary/aromatic N) is 1. The zero-order valence-corrected chi connectivity index (χ0v) is 26.0. The summed E-state index contributed by atoms with van der Waals surface area (Å²) in [5.41, 5.74) is 6.32. The lowest BCUT2D eigenvalue weighted by atomic mass is 9.77. The van der Waals surface area contributed by atoms with Crippen molar-refractivity contribution in [3.63, 3.8) is 0 Å². The summed E-state index contributed by atoms with van der Waals surface area (Å²) in [4.78, 5) is 29.9. The number of hydrogen-bond donors (Lipinski definition) is 1. The molecular formula is C34H43NO7. The summed E-state index contributed by atoms with van der Waals surface area (Å²) in [6.45, 7) is 14.7. The van der Waals surface area contributed by atoms with Gasteiger partial charge in [0.05, 0.1) is 48.2 Å². The number of rotatable bonds is 9. The molecule has 2 aliphatic rings. The van der Waals surface area contributed by atoms with Crippen LogP contribution < -0.4 is 0 Å². The first-order chi connectivity index (χ1) is 19.9. The lowest BCUT2D eigenvalue weighted by molar-refractivity contribution is -0.147. The maximum Gasteiger partial charge on any atom is 0.337 e. The summed E-state index contributed by atoms with van der Waals surface area (Å²) in [5.74, 6) is -1.85. The quantitative estimate of drug-likeness (QED) is 0.366. The van der Waals surface area contributed by atoms with Crippen molar-refractivity contribution < 1.29 is 33.6 Å². The summed E-state index contributed by atoms with van der Waals surface area (Å²) in [7, 11) is 1.62. The van der Waals surface area contributed by atoms with Crippen LogP contribution >= 0.6 is 0 Å². The van der Waals surface area contributed by atoms with E-state index in [9.17, 15) is 14.7 Å². The number of hydrogen-bond acceptors (Lipinski definition) is 8. The molecule has 2 atom stereocenters. The molecule has 0 spiro atoms. The van der Waals surface area contributed by atoms with E-state index in [1.54, 1.807) is 38.3 Å². The van der Waals surface area contributed by atoms with Crippen LogP contribution in [0.5, 0.6) is 5.75 Å². The summed E-state index contributed by atoms with van der Waals surface area (Å²) in [5, 5.41) is 10.4. The van der Waals surface area contributed by atoms with E-state index in [1.165, 1.54) is 0 Å². The number of aromatic hydroxyl groups is 1. The topological polar surface area (TPSA) is 94.5 Å². The minimum absolute atomic E-state index is 0.0279. The standard InChI is InChI=1S/C34H43NO7/c1-9-40-32(37)31-26(19-41-34(5,6)7)35(13-14-39-8)25-18-27(28-21(3)15-20(2)16-22(28)4)42-33(38)30(25)29(31)23-11-10-12-24(36)17-23/h10-12,15-17,27,29,36H,9,13-14,18-19H2,1-8H3. The van der Waals surface area contributed by atoms with Gasteiger partial charge in [0.15, 0.2) is 0 Å². The van der Waals surface area contributed by atoms with Crippen molar-refractivity contribution in [3.05, 3.63) is 86.8 Å². The Labute approximate surface area is 248 Å². The predicted molar refractivity (Wildman–Crippen MR) is 160 cm³/mol. The number of carbonyl (C=O) groups is 2. The molecule has 2 heterocycles. The van der Waals surface area contributed by atoms with E-state index >= 15 is 0 Å². The van der Waals surface area contributed by atoms with Crippen LogP contribution in [0, 0.1) is 20.8 Å². The zero-order valence-electron chi connectivity index (χ0n) is 26.0. The lowest BCUT2D eigenvalue weighted by Crippen LogP contribution is -2.43. The molecule has 0 saturated carbocycles. The Morgan fingerprint density at radius 3 is 2.40 bits per heavy atom. The van der Waals surface area contributed by atoms with Gasteiger partial charge in [0.1, 0.15) is 11.9 Å². The maximum atomic E-state index is 14.1. The Morgan fingerprint density at radius 1 is 1.12 bits per heavy atom. The number of esters is 2. The van der Waals surface area contributed by atoms with Gasteiger partial charge < -0.3 is 29.0 Å². The van der Waals surface area contributed by atoms with Crippen molar-refractivity contribution >= 4 is 11.9 Å². The first-order valence-corrected chi connectivity index (χ1v) is 14.5. The van der Waals surface area contributed by atoms with Crippen LogP contribution in [0.4, 0.5) is 0 Å². The highest BCUT2D eigenvalue weighted by molar-refractivity contribution is 6.00. The first kappa shape index (κ1) is 31.3. The molecule has 8 nitrogen and oxygen atoms in total. The Balaban J connectivity index is 1.99. The molecule has 2 aromatic rings. The Kier molecular flexibility index (Phi) is 9.48. The third-order valence-electron chi connectivity index (χ3n) is 7.62. The van der Waals surface area contributed by atoms with Crippen LogP contribution in [0.15, 0.2) is 58.9 Å². The molecule has 0 aromatic heterocycles. The van der Waals surface area contributed by atoms with Gasteiger partial charge in [0.25, 0.3) is 0 Å². The number of ether oxygens (including phenoxy) is 4. The molecule has 226 valence electrons. The Bertz CT molecular complexity index is 1390. The predicted octanol–water partition coefficient (Wildman–Crippen LogP) is 5.94. The van der Waals surface area contributed by atoms with Gasteiger partial charge in [0, 0.05) is 25.8 Å². The summed E-state index contributed by atoms with van der Waals surface area (Å²) >= 11 is 0. The van der Waals surface area contributed by atoms with Crippen LogP contribution in [-0.2, 0) is 28.5 Å². The van der Waals surface area contributed by atoms with Crippen molar-refractivity contribution in [2.24, 2.45) is 0 Å². The van der Waals surface area contributed by atoms with Crippen molar-refractivity contribution in [2.45, 2.75) is 72.5 Å². The minimum Gasteiger partial charge on any atom is -0.508 e. The summed E-state index contributed by atoms with van der Waals surface area (Å²) in [6.07, 6.45) is -0.111. The summed E-state index contributed by atoms with van der Waals surface area (Å²) in [6, 6.07) is 10.8. The maximum absolute atomic E-state index is 14.1. The average Bonchev–Trinajstić information content (AvgIpc) is 2.89. The fourth-order valence-corrected chi connectivity index (χ4v) is 6.03. The van der Waals surface area contributed by atoms with E-state index in [4.69, 9.17) is 18.9 Å². The Hall–Kier alpha value is -3.62. The van der Waals surface area contributed by atoms with Crippen molar-refractivity contribution in [3.8, 4) is 5.75 Å². The fourth-order valence-electron chi connectivity index (χ4n) is 6.03. The molecule has 2 aliphatic heterocycles. The largest absolute Gasteiger partial charge is 0.508 e. The molecule has 4 rings (SSSR count). The number of aryl methyl sites for hydroxylation is 3. The molecular weight excluding hydrogens is 534 g/mol. The summed E-state index contributed by atoms with van der Waals surface area (Å²) < 4.78 is 23.5. The third kappa shape index (κ3) is 6.55. The van der Waals surface area contributed by atoms with Gasteiger partial charge >= 0.3 is 11.9 Å². The molecule has 2 aromatic carbocycles. The highest BCUT2D eigenvalue weighted by Gasteiger charge is 2.46. The van der Waals surface area contributed by atoms with Crippen LogP contribution in [-0.4, -0.2) is 61.0 Å². The van der Waals surface area contributed by atoms with Gasteiger partial charge in [-0.1, -0.05) is 29.8 Å². The highest BCUT2D eigenvalue weighted by atomic mass is 16.5. The van der Waals surface area contributed by atoms with Crippen molar-refractivity contribution in [1.29, 1.82) is 0 Å². The van der Waals surface area contributed by atoms with E-state index < -0.39 is 29.6 Å². The molecule has 8 heteroatoms. The number of phenolic OH excluding ortho intramolecular Hbond substituents is 1.